The van der Waals surface area contributed by atoms with E-state index < -0.39 is 11.9 Å². The van der Waals surface area contributed by atoms with Gasteiger partial charge >= 0.3 is 11.9 Å². The molecule has 142 valence electrons. The largest absolute Gasteiger partial charge is 0.478 e. The fourth-order valence-electron chi connectivity index (χ4n) is 2.87. The third-order valence-electron chi connectivity index (χ3n) is 4.49. The molecule has 0 aliphatic rings. The van der Waals surface area contributed by atoms with Crippen LogP contribution in [0.1, 0.15) is 31.8 Å². The third kappa shape index (κ3) is 3.96. The number of anilines is 4. The Kier molecular flexibility index (Phi) is 5.31. The highest BCUT2D eigenvalue weighted by atomic mass is 16.4. The van der Waals surface area contributed by atoms with Crippen LogP contribution in [0.5, 0.6) is 0 Å². The first-order valence-corrected chi connectivity index (χ1v) is 8.66. The quantitative estimate of drug-likeness (QED) is 0.473. The van der Waals surface area contributed by atoms with Crippen molar-refractivity contribution in [3.63, 3.8) is 0 Å². The number of rotatable bonds is 6. The normalized spacial score (nSPS) is 10.4. The summed E-state index contributed by atoms with van der Waals surface area (Å²) in [7, 11) is 0. The number of hydrogen-bond acceptors (Lipinski definition) is 4. The van der Waals surface area contributed by atoms with E-state index in [0.29, 0.717) is 22.7 Å². The first kappa shape index (κ1) is 19.0. The van der Waals surface area contributed by atoms with Gasteiger partial charge in [-0.05, 0) is 61.4 Å². The summed E-state index contributed by atoms with van der Waals surface area (Å²) in [6.07, 6.45) is 0. The molecule has 0 aliphatic carbocycles. The molecule has 6 heteroatoms. The smallest absolute Gasteiger partial charge is 0.337 e. The van der Waals surface area contributed by atoms with E-state index in [-0.39, 0.29) is 11.1 Å². The summed E-state index contributed by atoms with van der Waals surface area (Å²) in [4.78, 5) is 23.0. The summed E-state index contributed by atoms with van der Waals surface area (Å²) in [5.74, 6) is -2.06. The van der Waals surface area contributed by atoms with Gasteiger partial charge in [-0.25, -0.2) is 9.59 Å². The van der Waals surface area contributed by atoms with E-state index in [1.165, 1.54) is 12.1 Å². The summed E-state index contributed by atoms with van der Waals surface area (Å²) < 4.78 is 0. The Morgan fingerprint density at radius 1 is 0.643 bits per heavy atom. The zero-order chi connectivity index (χ0) is 20.3. The number of carboxylic acid groups (broad SMARTS) is 2. The minimum atomic E-state index is -1.03. The average molecular weight is 376 g/mol. The van der Waals surface area contributed by atoms with Crippen molar-refractivity contribution in [1.82, 2.24) is 0 Å². The Balaban J connectivity index is 2.06. The molecule has 28 heavy (non-hydrogen) atoms. The lowest BCUT2D eigenvalue weighted by atomic mass is 10.1. The van der Waals surface area contributed by atoms with Crippen molar-refractivity contribution in [2.24, 2.45) is 0 Å². The molecule has 0 aromatic heterocycles. The van der Waals surface area contributed by atoms with Gasteiger partial charge in [0.1, 0.15) is 0 Å². The number of hydrogen-bond donors (Lipinski definition) is 4. The van der Waals surface area contributed by atoms with E-state index in [9.17, 15) is 19.8 Å². The molecule has 0 fully saturated rings. The van der Waals surface area contributed by atoms with Gasteiger partial charge in [0.05, 0.1) is 33.9 Å². The Bertz CT molecular complexity index is 976. The second-order valence-corrected chi connectivity index (χ2v) is 6.43. The van der Waals surface area contributed by atoms with Gasteiger partial charge in [-0.1, -0.05) is 24.3 Å². The van der Waals surface area contributed by atoms with Crippen molar-refractivity contribution in [3.05, 3.63) is 82.9 Å². The number of carboxylic acids is 2. The predicted molar refractivity (Wildman–Crippen MR) is 109 cm³/mol. The molecule has 0 radical (unpaired) electrons. The first-order chi connectivity index (χ1) is 13.4. The van der Waals surface area contributed by atoms with E-state index in [1.54, 1.807) is 36.4 Å². The maximum absolute atomic E-state index is 11.5. The highest BCUT2D eigenvalue weighted by Gasteiger charge is 2.14. The topological polar surface area (TPSA) is 98.7 Å². The molecule has 3 rings (SSSR count). The monoisotopic (exact) mass is 376 g/mol. The van der Waals surface area contributed by atoms with Crippen molar-refractivity contribution < 1.29 is 19.8 Å². The van der Waals surface area contributed by atoms with Gasteiger partial charge in [0, 0.05) is 0 Å². The maximum Gasteiger partial charge on any atom is 0.337 e. The molecule has 3 aromatic rings. The number of benzene rings is 3. The number of aryl methyl sites for hydroxylation is 2. The van der Waals surface area contributed by atoms with Gasteiger partial charge in [-0.3, -0.25) is 0 Å². The molecule has 3 aromatic carbocycles. The molecule has 0 bridgehead atoms. The summed E-state index contributed by atoms with van der Waals surface area (Å²) >= 11 is 0. The summed E-state index contributed by atoms with van der Waals surface area (Å²) in [6.45, 7) is 3.91. The fourth-order valence-corrected chi connectivity index (χ4v) is 2.87. The lowest BCUT2D eigenvalue weighted by molar-refractivity contribution is 0.0687. The Morgan fingerprint density at radius 2 is 1.00 bits per heavy atom. The summed E-state index contributed by atoms with van der Waals surface area (Å²) in [6, 6.07) is 17.1. The SMILES string of the molecule is Cc1cc(Nc2ccccc2C(=O)O)c(Nc2ccccc2C(=O)O)cc1C. The van der Waals surface area contributed by atoms with E-state index in [2.05, 4.69) is 10.6 Å². The number of aromatic carboxylic acids is 2. The molecule has 0 aliphatic heterocycles. The number of para-hydroxylation sites is 2. The van der Waals surface area contributed by atoms with Crippen molar-refractivity contribution in [2.45, 2.75) is 13.8 Å². The van der Waals surface area contributed by atoms with Crippen LogP contribution in [0.2, 0.25) is 0 Å². The molecule has 4 N–H and O–H groups in total. The van der Waals surface area contributed by atoms with Crippen molar-refractivity contribution in [2.75, 3.05) is 10.6 Å². The Labute approximate surface area is 162 Å². The predicted octanol–water partition coefficient (Wildman–Crippen LogP) is 5.19. The Hall–Kier alpha value is -3.80. The highest BCUT2D eigenvalue weighted by Crippen LogP contribution is 2.33. The van der Waals surface area contributed by atoms with Crippen molar-refractivity contribution in [1.29, 1.82) is 0 Å². The highest BCUT2D eigenvalue weighted by molar-refractivity contribution is 5.98. The van der Waals surface area contributed by atoms with Gasteiger partial charge in [0.15, 0.2) is 0 Å². The first-order valence-electron chi connectivity index (χ1n) is 8.66. The average Bonchev–Trinajstić information content (AvgIpc) is 2.66. The van der Waals surface area contributed by atoms with E-state index in [1.807, 2.05) is 26.0 Å². The fraction of sp³-hybridized carbons (Fsp3) is 0.0909. The van der Waals surface area contributed by atoms with Crippen LogP contribution in [0.3, 0.4) is 0 Å². The van der Waals surface area contributed by atoms with Crippen LogP contribution in [-0.2, 0) is 0 Å². The molecular formula is C22H20N2O4. The minimum absolute atomic E-state index is 0.151. The van der Waals surface area contributed by atoms with E-state index in [4.69, 9.17) is 0 Å². The van der Waals surface area contributed by atoms with Crippen LogP contribution in [0.25, 0.3) is 0 Å². The van der Waals surface area contributed by atoms with Crippen molar-refractivity contribution in [3.8, 4) is 0 Å². The molecule has 0 spiro atoms. The van der Waals surface area contributed by atoms with Gasteiger partial charge in [-0.2, -0.15) is 0 Å². The lowest BCUT2D eigenvalue weighted by Gasteiger charge is -2.18. The van der Waals surface area contributed by atoms with Gasteiger partial charge in [-0.15, -0.1) is 0 Å². The molecular weight excluding hydrogens is 356 g/mol. The third-order valence-corrected chi connectivity index (χ3v) is 4.49. The van der Waals surface area contributed by atoms with Gasteiger partial charge in [0.25, 0.3) is 0 Å². The summed E-state index contributed by atoms with van der Waals surface area (Å²) in [5.41, 5.74) is 4.55. The second kappa shape index (κ2) is 7.84. The molecule has 0 saturated carbocycles. The molecule has 6 nitrogen and oxygen atoms in total. The molecule has 0 atom stereocenters. The standard InChI is InChI=1S/C22H20N2O4/c1-13-11-19(23-17-9-5-3-7-15(17)21(25)26)20(12-14(13)2)24-18-10-6-4-8-16(18)22(27)28/h3-12,23-24H,1-2H3,(H,25,26)(H,27,28). The molecule has 0 unspecified atom stereocenters. The molecule has 0 amide bonds. The molecule has 0 saturated heterocycles. The van der Waals surface area contributed by atoms with Crippen LogP contribution >= 0.6 is 0 Å². The van der Waals surface area contributed by atoms with Crippen LogP contribution in [-0.4, -0.2) is 22.2 Å². The zero-order valence-corrected chi connectivity index (χ0v) is 15.5. The van der Waals surface area contributed by atoms with E-state index in [0.717, 1.165) is 11.1 Å². The Morgan fingerprint density at radius 3 is 1.36 bits per heavy atom. The van der Waals surface area contributed by atoms with Crippen LogP contribution in [0.4, 0.5) is 22.7 Å². The van der Waals surface area contributed by atoms with Crippen LogP contribution in [0.15, 0.2) is 60.7 Å². The second-order valence-electron chi connectivity index (χ2n) is 6.43. The van der Waals surface area contributed by atoms with E-state index >= 15 is 0 Å². The lowest BCUT2D eigenvalue weighted by Crippen LogP contribution is -2.06. The number of carbonyl (C=O) groups is 2. The summed E-state index contributed by atoms with van der Waals surface area (Å²) in [5, 5.41) is 25.2. The molecule has 0 heterocycles. The van der Waals surface area contributed by atoms with Gasteiger partial charge in [0.2, 0.25) is 0 Å². The number of nitrogens with one attached hydrogen (secondary N) is 2. The maximum atomic E-state index is 11.5. The van der Waals surface area contributed by atoms with Crippen LogP contribution < -0.4 is 10.6 Å². The minimum Gasteiger partial charge on any atom is -0.478 e. The zero-order valence-electron chi connectivity index (χ0n) is 15.5. The van der Waals surface area contributed by atoms with Crippen molar-refractivity contribution >= 4 is 34.7 Å². The van der Waals surface area contributed by atoms with Crippen LogP contribution in [0, 0.1) is 13.8 Å². The van der Waals surface area contributed by atoms with Gasteiger partial charge < -0.3 is 20.8 Å².